The summed E-state index contributed by atoms with van der Waals surface area (Å²) < 4.78 is 47.2. The average molecular weight is 526 g/mol. The van der Waals surface area contributed by atoms with Crippen LogP contribution in [0.4, 0.5) is 13.2 Å². The van der Waals surface area contributed by atoms with Crippen LogP contribution in [0.2, 0.25) is 0 Å². The highest BCUT2D eigenvalue weighted by Gasteiger charge is 2.33. The maximum absolute atomic E-state index is 12.6. The van der Waals surface area contributed by atoms with Crippen LogP contribution >= 0.6 is 0 Å². The van der Waals surface area contributed by atoms with Crippen molar-refractivity contribution in [1.82, 2.24) is 29.3 Å². The fourth-order valence-electron chi connectivity index (χ4n) is 4.71. The Hall–Kier alpha value is -3.95. The Morgan fingerprint density at radius 2 is 1.97 bits per heavy atom. The number of hydrogen-bond donors (Lipinski definition) is 1. The van der Waals surface area contributed by atoms with Crippen LogP contribution in [0, 0.1) is 18.3 Å². The van der Waals surface area contributed by atoms with Gasteiger partial charge in [-0.15, -0.1) is 0 Å². The highest BCUT2D eigenvalue weighted by atomic mass is 19.4. The summed E-state index contributed by atoms with van der Waals surface area (Å²) in [5.41, 5.74) is 3.66. The van der Waals surface area contributed by atoms with Gasteiger partial charge in [0.05, 0.1) is 36.3 Å². The zero-order valence-electron chi connectivity index (χ0n) is 20.9. The normalized spacial score (nSPS) is 16.0. The number of halogens is 3. The monoisotopic (exact) mass is 525 g/mol. The standard InChI is InChI=1S/C26H26F3N7O2/c1-16-11-18(12-30)33-36(16)25-21(17(2)37)4-5-23(32-25)22-13-31-35-14-20(3-6-24(22)35)38-19-7-9-34(10-8-19)15-26(27,28)29/h3-6,11,13-14,17,19,37H,7-10,15H2,1-2H3. The molecule has 0 amide bonds. The number of aromatic nitrogens is 5. The van der Waals surface area contributed by atoms with E-state index in [-0.39, 0.29) is 11.8 Å². The third-order valence-corrected chi connectivity index (χ3v) is 6.56. The quantitative estimate of drug-likeness (QED) is 0.402. The lowest BCUT2D eigenvalue weighted by Gasteiger charge is -2.32. The number of piperidine rings is 1. The Morgan fingerprint density at radius 1 is 1.21 bits per heavy atom. The van der Waals surface area contributed by atoms with Gasteiger partial charge >= 0.3 is 6.18 Å². The zero-order valence-corrected chi connectivity index (χ0v) is 20.9. The van der Waals surface area contributed by atoms with Crippen molar-refractivity contribution in [3.63, 3.8) is 0 Å². The number of aliphatic hydroxyl groups is 1. The molecule has 1 N–H and O–H groups in total. The summed E-state index contributed by atoms with van der Waals surface area (Å²) in [4.78, 5) is 6.18. The van der Waals surface area contributed by atoms with E-state index >= 15 is 0 Å². The van der Waals surface area contributed by atoms with Crippen molar-refractivity contribution < 1.29 is 23.0 Å². The fraction of sp³-hybridized carbons (Fsp3) is 0.385. The third kappa shape index (κ3) is 5.34. The van der Waals surface area contributed by atoms with Crippen LogP contribution in [-0.4, -0.2) is 66.3 Å². The summed E-state index contributed by atoms with van der Waals surface area (Å²) in [7, 11) is 0. The van der Waals surface area contributed by atoms with Crippen molar-refractivity contribution in [2.24, 2.45) is 0 Å². The SMILES string of the molecule is Cc1cc(C#N)nn1-c1nc(-c2cnn3cc(OC4CCN(CC(F)(F)F)CC4)ccc23)ccc1C(C)O. The molecule has 1 aliphatic heterocycles. The van der Waals surface area contributed by atoms with Gasteiger partial charge in [-0.25, -0.2) is 14.2 Å². The van der Waals surface area contributed by atoms with E-state index in [0.717, 1.165) is 11.1 Å². The molecule has 1 atom stereocenters. The Morgan fingerprint density at radius 3 is 2.63 bits per heavy atom. The molecule has 0 aromatic carbocycles. The molecule has 1 unspecified atom stereocenters. The molecule has 0 aliphatic carbocycles. The van der Waals surface area contributed by atoms with Gasteiger partial charge in [-0.1, -0.05) is 6.07 Å². The molecule has 4 aromatic rings. The van der Waals surface area contributed by atoms with Crippen LogP contribution in [0.25, 0.3) is 22.6 Å². The largest absolute Gasteiger partial charge is 0.489 e. The summed E-state index contributed by atoms with van der Waals surface area (Å²) in [5.74, 6) is 1.00. The van der Waals surface area contributed by atoms with Gasteiger partial charge in [-0.3, -0.25) is 4.90 Å². The van der Waals surface area contributed by atoms with Gasteiger partial charge in [0.15, 0.2) is 11.5 Å². The van der Waals surface area contributed by atoms with Crippen molar-refractivity contribution in [3.8, 4) is 28.9 Å². The van der Waals surface area contributed by atoms with Gasteiger partial charge in [-0.05, 0) is 51.0 Å². The topological polar surface area (TPSA) is 104 Å². The second-order valence-corrected chi connectivity index (χ2v) is 9.44. The maximum atomic E-state index is 12.6. The number of nitriles is 1. The number of ether oxygens (including phenoxy) is 1. The van der Waals surface area contributed by atoms with Crippen LogP contribution in [-0.2, 0) is 0 Å². The number of aliphatic hydroxyl groups excluding tert-OH is 1. The molecule has 12 heteroatoms. The minimum Gasteiger partial charge on any atom is -0.489 e. The smallest absolute Gasteiger partial charge is 0.401 e. The molecule has 1 fully saturated rings. The first kappa shape index (κ1) is 25.7. The van der Waals surface area contributed by atoms with Crippen LogP contribution in [0.15, 0.2) is 42.7 Å². The van der Waals surface area contributed by atoms with Gasteiger partial charge in [0.2, 0.25) is 0 Å². The molecule has 5 rings (SSSR count). The van der Waals surface area contributed by atoms with E-state index in [1.807, 2.05) is 25.1 Å². The van der Waals surface area contributed by atoms with E-state index in [9.17, 15) is 23.5 Å². The Labute approximate surface area is 216 Å². The predicted octanol–water partition coefficient (Wildman–Crippen LogP) is 4.22. The van der Waals surface area contributed by atoms with E-state index in [1.54, 1.807) is 46.7 Å². The molecule has 198 valence electrons. The van der Waals surface area contributed by atoms with Gasteiger partial charge in [0, 0.05) is 29.9 Å². The van der Waals surface area contributed by atoms with Crippen molar-refractivity contribution in [2.75, 3.05) is 19.6 Å². The zero-order chi connectivity index (χ0) is 27.0. The second kappa shape index (κ2) is 10.1. The first-order valence-electron chi connectivity index (χ1n) is 12.2. The molecule has 0 bridgehead atoms. The van der Waals surface area contributed by atoms with Crippen LogP contribution in [0.3, 0.4) is 0 Å². The fourth-order valence-corrected chi connectivity index (χ4v) is 4.71. The molecule has 0 spiro atoms. The molecule has 4 aromatic heterocycles. The van der Waals surface area contributed by atoms with Crippen molar-refractivity contribution >= 4 is 5.52 Å². The number of nitrogens with zero attached hydrogens (tertiary/aromatic N) is 7. The van der Waals surface area contributed by atoms with Crippen LogP contribution < -0.4 is 4.74 Å². The summed E-state index contributed by atoms with van der Waals surface area (Å²) >= 11 is 0. The van der Waals surface area contributed by atoms with Crippen LogP contribution in [0.1, 0.15) is 42.8 Å². The average Bonchev–Trinajstić information content (AvgIpc) is 3.46. The number of aryl methyl sites for hydroxylation is 1. The highest BCUT2D eigenvalue weighted by molar-refractivity contribution is 5.78. The number of hydrogen-bond acceptors (Lipinski definition) is 7. The lowest BCUT2D eigenvalue weighted by atomic mass is 10.1. The lowest BCUT2D eigenvalue weighted by Crippen LogP contribution is -2.42. The summed E-state index contributed by atoms with van der Waals surface area (Å²) in [6.07, 6.45) is -0.714. The first-order valence-corrected chi connectivity index (χ1v) is 12.2. The predicted molar refractivity (Wildman–Crippen MR) is 132 cm³/mol. The molecule has 1 saturated heterocycles. The van der Waals surface area contributed by atoms with E-state index in [1.165, 1.54) is 4.90 Å². The molecule has 0 saturated carbocycles. The second-order valence-electron chi connectivity index (χ2n) is 9.44. The molecular weight excluding hydrogens is 499 g/mol. The van der Waals surface area contributed by atoms with Crippen molar-refractivity contribution in [1.29, 1.82) is 5.26 Å². The minimum atomic E-state index is -4.19. The molecule has 9 nitrogen and oxygen atoms in total. The number of fused-ring (bicyclic) bond motifs is 1. The lowest BCUT2D eigenvalue weighted by molar-refractivity contribution is -0.149. The Balaban J connectivity index is 1.38. The number of likely N-dealkylation sites (tertiary alicyclic amines) is 1. The van der Waals surface area contributed by atoms with Crippen molar-refractivity contribution in [2.45, 2.75) is 45.1 Å². The third-order valence-electron chi connectivity index (χ3n) is 6.56. The van der Waals surface area contributed by atoms with Gasteiger partial charge < -0.3 is 9.84 Å². The van der Waals surface area contributed by atoms with Crippen LogP contribution in [0.5, 0.6) is 5.75 Å². The van der Waals surface area contributed by atoms with E-state index in [4.69, 9.17) is 9.72 Å². The molecular formula is C26H26F3N7O2. The van der Waals surface area contributed by atoms with Gasteiger partial charge in [-0.2, -0.15) is 28.6 Å². The van der Waals surface area contributed by atoms with E-state index in [0.29, 0.717) is 54.4 Å². The Kier molecular flexibility index (Phi) is 6.81. The minimum absolute atomic E-state index is 0.167. The molecule has 0 radical (unpaired) electrons. The number of rotatable bonds is 6. The maximum Gasteiger partial charge on any atom is 0.401 e. The number of pyridine rings is 2. The molecule has 5 heterocycles. The molecule has 1 aliphatic rings. The Bertz CT molecular complexity index is 1500. The molecule has 38 heavy (non-hydrogen) atoms. The first-order chi connectivity index (χ1) is 18.1. The number of alkyl halides is 3. The summed E-state index contributed by atoms with van der Waals surface area (Å²) in [6.45, 7) is 3.22. The van der Waals surface area contributed by atoms with Gasteiger partial charge in [0.1, 0.15) is 17.9 Å². The van der Waals surface area contributed by atoms with Crippen molar-refractivity contribution in [3.05, 3.63) is 59.7 Å². The van der Waals surface area contributed by atoms with E-state index < -0.39 is 18.8 Å². The summed E-state index contributed by atoms with van der Waals surface area (Å²) in [5, 5.41) is 28.3. The summed E-state index contributed by atoms with van der Waals surface area (Å²) in [6, 6.07) is 10.9. The van der Waals surface area contributed by atoms with E-state index in [2.05, 4.69) is 10.2 Å². The highest BCUT2D eigenvalue weighted by Crippen LogP contribution is 2.30. The van der Waals surface area contributed by atoms with Gasteiger partial charge in [0.25, 0.3) is 0 Å².